The molecule has 5 rings (SSSR count). The number of amides is 2. The number of rotatable bonds is 3. The average Bonchev–Trinajstić information content (AvgIpc) is 3.14. The van der Waals surface area contributed by atoms with Crippen molar-refractivity contribution in [1.82, 2.24) is 0 Å². The first-order valence-corrected chi connectivity index (χ1v) is 9.68. The molecule has 0 saturated carbocycles. The largest absolute Gasteiger partial charge is 0.374 e. The highest BCUT2D eigenvalue weighted by Gasteiger charge is 2.61. The molecule has 1 N–H and O–H groups in total. The van der Waals surface area contributed by atoms with Gasteiger partial charge in [-0.25, -0.2) is 4.39 Å². The molecular weight excluding hydrogens is 383 g/mol. The number of hydrogen-bond acceptors (Lipinski definition) is 3. The van der Waals surface area contributed by atoms with Crippen molar-refractivity contribution in [2.75, 3.05) is 16.8 Å². The zero-order valence-corrected chi connectivity index (χ0v) is 16.2. The normalized spacial score (nSPS) is 22.4. The Morgan fingerprint density at radius 2 is 1.67 bits per heavy atom. The standard InChI is InChI=1S/C24H19FN2O3/c1-26-19-13-6-5-10-16(19)20(22(26)28)24(30)17-11-7-12-18(25)21(17)27(23(24)29)14-15-8-3-2-4-9-15/h2-13,20,30H,14H2,1H3. The lowest BCUT2D eigenvalue weighted by atomic mass is 9.78. The fraction of sp³-hybridized carbons (Fsp3) is 0.167. The Morgan fingerprint density at radius 3 is 2.43 bits per heavy atom. The quantitative estimate of drug-likeness (QED) is 0.731. The summed E-state index contributed by atoms with van der Waals surface area (Å²) < 4.78 is 14.9. The summed E-state index contributed by atoms with van der Waals surface area (Å²) in [5, 5.41) is 11.8. The highest BCUT2D eigenvalue weighted by atomic mass is 19.1. The molecule has 30 heavy (non-hydrogen) atoms. The fourth-order valence-electron chi connectivity index (χ4n) is 4.60. The van der Waals surface area contributed by atoms with Crippen LogP contribution in [0, 0.1) is 5.82 Å². The van der Waals surface area contributed by atoms with E-state index in [9.17, 15) is 19.1 Å². The number of carbonyl (C=O) groups is 2. The van der Waals surface area contributed by atoms with Crippen LogP contribution in [0.5, 0.6) is 0 Å². The van der Waals surface area contributed by atoms with Gasteiger partial charge in [-0.1, -0.05) is 60.7 Å². The third kappa shape index (κ3) is 2.37. The zero-order chi connectivity index (χ0) is 21.0. The van der Waals surface area contributed by atoms with Gasteiger partial charge in [0.25, 0.3) is 5.91 Å². The van der Waals surface area contributed by atoms with Crippen molar-refractivity contribution in [3.8, 4) is 0 Å². The van der Waals surface area contributed by atoms with E-state index in [-0.39, 0.29) is 17.8 Å². The first-order chi connectivity index (χ1) is 14.4. The third-order valence-electron chi connectivity index (χ3n) is 6.03. The molecule has 5 nitrogen and oxygen atoms in total. The number of benzene rings is 3. The van der Waals surface area contributed by atoms with Crippen molar-refractivity contribution in [2.24, 2.45) is 0 Å². The Balaban J connectivity index is 1.69. The maximum Gasteiger partial charge on any atom is 0.265 e. The average molecular weight is 402 g/mol. The third-order valence-corrected chi connectivity index (χ3v) is 6.03. The summed E-state index contributed by atoms with van der Waals surface area (Å²) in [6, 6.07) is 20.4. The monoisotopic (exact) mass is 402 g/mol. The number of anilines is 2. The second-order valence-electron chi connectivity index (χ2n) is 7.67. The second kappa shape index (κ2) is 6.50. The Bertz CT molecular complexity index is 1180. The Kier molecular flexibility index (Phi) is 4.01. The summed E-state index contributed by atoms with van der Waals surface area (Å²) in [6.07, 6.45) is 0. The second-order valence-corrected chi connectivity index (χ2v) is 7.67. The number of nitrogens with zero attached hydrogens (tertiary/aromatic N) is 2. The van der Waals surface area contributed by atoms with Gasteiger partial charge < -0.3 is 14.9 Å². The molecule has 6 heteroatoms. The SMILES string of the molecule is CN1C(=O)C(C2(O)C(=O)N(Cc3ccccc3)c3c(F)cccc32)c2ccccc21. The summed E-state index contributed by atoms with van der Waals surface area (Å²) in [6.45, 7) is 0.0916. The molecule has 150 valence electrons. The summed E-state index contributed by atoms with van der Waals surface area (Å²) in [4.78, 5) is 29.5. The van der Waals surface area contributed by atoms with Crippen LogP contribution in [0.2, 0.25) is 0 Å². The van der Waals surface area contributed by atoms with Crippen LogP contribution < -0.4 is 9.80 Å². The van der Waals surface area contributed by atoms with Gasteiger partial charge in [-0.05, 0) is 23.3 Å². The first-order valence-electron chi connectivity index (χ1n) is 9.68. The first kappa shape index (κ1) is 18.5. The van der Waals surface area contributed by atoms with Gasteiger partial charge >= 0.3 is 0 Å². The predicted octanol–water partition coefficient (Wildman–Crippen LogP) is 3.32. The lowest BCUT2D eigenvalue weighted by Gasteiger charge is -2.28. The predicted molar refractivity (Wildman–Crippen MR) is 111 cm³/mol. The van der Waals surface area contributed by atoms with E-state index in [0.717, 1.165) is 5.56 Å². The minimum absolute atomic E-state index is 0.0219. The van der Waals surface area contributed by atoms with Crippen molar-refractivity contribution in [2.45, 2.75) is 18.1 Å². The molecule has 0 spiro atoms. The van der Waals surface area contributed by atoms with E-state index in [4.69, 9.17) is 0 Å². The molecule has 2 heterocycles. The number of para-hydroxylation sites is 2. The van der Waals surface area contributed by atoms with Crippen LogP contribution in [0.25, 0.3) is 0 Å². The number of halogens is 1. The van der Waals surface area contributed by atoms with Crippen molar-refractivity contribution in [3.05, 3.63) is 95.3 Å². The minimum Gasteiger partial charge on any atom is -0.374 e. The number of likely N-dealkylation sites (N-methyl/N-ethyl adjacent to an activating group) is 1. The van der Waals surface area contributed by atoms with Crippen LogP contribution in [0.15, 0.2) is 72.8 Å². The summed E-state index contributed by atoms with van der Waals surface area (Å²) >= 11 is 0. The zero-order valence-electron chi connectivity index (χ0n) is 16.2. The highest BCUT2D eigenvalue weighted by Crippen LogP contribution is 2.53. The van der Waals surface area contributed by atoms with Crippen molar-refractivity contribution < 1.29 is 19.1 Å². The molecule has 0 aromatic heterocycles. The molecule has 0 fully saturated rings. The molecule has 2 amide bonds. The number of fused-ring (bicyclic) bond motifs is 2. The molecule has 3 aromatic rings. The van der Waals surface area contributed by atoms with Gasteiger partial charge in [0.05, 0.1) is 12.2 Å². The van der Waals surface area contributed by atoms with Crippen LogP contribution in [0.3, 0.4) is 0 Å². The summed E-state index contributed by atoms with van der Waals surface area (Å²) in [5.74, 6) is -2.86. The van der Waals surface area contributed by atoms with E-state index >= 15 is 0 Å². The Morgan fingerprint density at radius 1 is 0.967 bits per heavy atom. The molecule has 0 bridgehead atoms. The van der Waals surface area contributed by atoms with Crippen LogP contribution in [-0.4, -0.2) is 24.0 Å². The Hall–Kier alpha value is -3.51. The van der Waals surface area contributed by atoms with E-state index in [1.807, 2.05) is 30.3 Å². The van der Waals surface area contributed by atoms with Gasteiger partial charge in [-0.15, -0.1) is 0 Å². The van der Waals surface area contributed by atoms with E-state index in [0.29, 0.717) is 11.3 Å². The molecule has 0 aliphatic carbocycles. The molecular formula is C24H19FN2O3. The lowest BCUT2D eigenvalue weighted by Crippen LogP contribution is -2.47. The molecule has 2 atom stereocenters. The molecule has 0 saturated heterocycles. The minimum atomic E-state index is -2.19. The van der Waals surface area contributed by atoms with Gasteiger partial charge in [0, 0.05) is 18.3 Å². The molecule has 2 unspecified atom stereocenters. The topological polar surface area (TPSA) is 60.9 Å². The van der Waals surface area contributed by atoms with E-state index in [1.165, 1.54) is 28.0 Å². The summed E-state index contributed by atoms with van der Waals surface area (Å²) in [5.41, 5.74) is -0.0737. The van der Waals surface area contributed by atoms with Gasteiger partial charge in [-0.2, -0.15) is 0 Å². The number of aliphatic hydroxyl groups is 1. The smallest absolute Gasteiger partial charge is 0.265 e. The van der Waals surface area contributed by atoms with Crippen LogP contribution in [-0.2, 0) is 21.7 Å². The van der Waals surface area contributed by atoms with E-state index in [1.54, 1.807) is 31.3 Å². The highest BCUT2D eigenvalue weighted by molar-refractivity contribution is 6.15. The lowest BCUT2D eigenvalue weighted by molar-refractivity contribution is -0.144. The van der Waals surface area contributed by atoms with Crippen molar-refractivity contribution in [3.63, 3.8) is 0 Å². The maximum absolute atomic E-state index is 14.9. The number of carbonyl (C=O) groups excluding carboxylic acids is 2. The fourth-order valence-corrected chi connectivity index (χ4v) is 4.60. The molecule has 2 aliphatic rings. The van der Waals surface area contributed by atoms with Crippen molar-refractivity contribution in [1.29, 1.82) is 0 Å². The molecule has 0 radical (unpaired) electrons. The van der Waals surface area contributed by atoms with Crippen LogP contribution in [0.1, 0.15) is 22.6 Å². The Labute approximate surface area is 173 Å². The van der Waals surface area contributed by atoms with Crippen LogP contribution >= 0.6 is 0 Å². The molecule has 2 aliphatic heterocycles. The number of hydrogen-bond donors (Lipinski definition) is 1. The maximum atomic E-state index is 14.9. The van der Waals surface area contributed by atoms with Gasteiger partial charge in [0.1, 0.15) is 11.7 Å². The molecule has 3 aromatic carbocycles. The van der Waals surface area contributed by atoms with Crippen LogP contribution in [0.4, 0.5) is 15.8 Å². The van der Waals surface area contributed by atoms with E-state index in [2.05, 4.69) is 0 Å². The van der Waals surface area contributed by atoms with Gasteiger partial charge in [0.15, 0.2) is 5.60 Å². The summed E-state index contributed by atoms with van der Waals surface area (Å²) in [7, 11) is 1.61. The van der Waals surface area contributed by atoms with E-state index < -0.39 is 29.2 Å². The van der Waals surface area contributed by atoms with Crippen molar-refractivity contribution >= 4 is 23.2 Å². The van der Waals surface area contributed by atoms with Gasteiger partial charge in [-0.3, -0.25) is 9.59 Å². The van der Waals surface area contributed by atoms with Gasteiger partial charge in [0.2, 0.25) is 5.91 Å².